The van der Waals surface area contributed by atoms with Crippen LogP contribution in [0.25, 0.3) is 0 Å². The monoisotopic (exact) mass is 831 g/mol. The topological polar surface area (TPSA) is 72.9 Å². The highest BCUT2D eigenvalue weighted by molar-refractivity contribution is 5.50. The minimum atomic E-state index is -0.578. The van der Waals surface area contributed by atoms with Crippen molar-refractivity contribution >= 4 is 11.4 Å². The maximum atomic E-state index is 9.98. The van der Waals surface area contributed by atoms with Crippen molar-refractivity contribution in [2.75, 3.05) is 76.1 Å². The molecule has 2 unspecified atom stereocenters. The van der Waals surface area contributed by atoms with Gasteiger partial charge in [0.05, 0.1) is 19.8 Å². The van der Waals surface area contributed by atoms with Crippen LogP contribution in [0.3, 0.4) is 0 Å². The first-order chi connectivity index (χ1) is 29.5. The number of aliphatic hydroxyl groups excluding tert-OH is 1. The third kappa shape index (κ3) is 19.5. The molecule has 3 aromatic rings. The van der Waals surface area contributed by atoms with E-state index in [-0.39, 0.29) is 6.61 Å². The van der Waals surface area contributed by atoms with Gasteiger partial charge in [-0.2, -0.15) is 0 Å². The number of ether oxygens (including phenoxy) is 5. The first-order valence-electron chi connectivity index (χ1n) is 24.0. The number of unbranched alkanes of at least 4 members (excludes halogenated alkanes) is 6. The lowest BCUT2D eigenvalue weighted by molar-refractivity contribution is 0.0109. The van der Waals surface area contributed by atoms with E-state index in [1.54, 1.807) is 7.11 Å². The lowest BCUT2D eigenvalue weighted by atomic mass is 9.92. The fourth-order valence-electron chi connectivity index (χ4n) is 8.11. The second-order valence-corrected chi connectivity index (χ2v) is 16.8. The van der Waals surface area contributed by atoms with Gasteiger partial charge in [0.1, 0.15) is 30.0 Å². The zero-order valence-electron chi connectivity index (χ0n) is 38.1. The van der Waals surface area contributed by atoms with Crippen LogP contribution in [0.2, 0.25) is 0 Å². The van der Waals surface area contributed by atoms with Gasteiger partial charge in [0.2, 0.25) is 0 Å². The van der Waals surface area contributed by atoms with Crippen molar-refractivity contribution in [1.29, 1.82) is 0 Å². The van der Waals surface area contributed by atoms with E-state index in [0.717, 1.165) is 62.8 Å². The van der Waals surface area contributed by atoms with Crippen LogP contribution >= 0.6 is 0 Å². The quantitative estimate of drug-likeness (QED) is 0.100. The molecule has 3 saturated heterocycles. The number of methoxy groups -OCH3 is 1. The third-order valence-corrected chi connectivity index (χ3v) is 12.0. The zero-order chi connectivity index (χ0) is 42.5. The van der Waals surface area contributed by atoms with E-state index in [2.05, 4.69) is 79.1 Å². The highest BCUT2D eigenvalue weighted by Crippen LogP contribution is 2.29. The summed E-state index contributed by atoms with van der Waals surface area (Å²) in [6, 6.07) is 25.3. The van der Waals surface area contributed by atoms with E-state index in [1.807, 2.05) is 24.3 Å². The molecule has 60 heavy (non-hydrogen) atoms. The summed E-state index contributed by atoms with van der Waals surface area (Å²) in [5, 5.41) is 9.98. The number of hydrogen-bond acceptors (Lipinski definition) is 8. The number of piperidine rings is 2. The van der Waals surface area contributed by atoms with Crippen LogP contribution in [0.15, 0.2) is 72.8 Å². The van der Waals surface area contributed by atoms with Gasteiger partial charge in [-0.1, -0.05) is 77.8 Å². The Hall–Kier alpha value is -3.46. The number of aliphatic hydroxyl groups is 1. The van der Waals surface area contributed by atoms with Gasteiger partial charge < -0.3 is 38.6 Å². The molecule has 0 aliphatic carbocycles. The smallest absolute Gasteiger partial charge is 0.119 e. The summed E-state index contributed by atoms with van der Waals surface area (Å²) in [4.78, 5) is 4.94. The molecule has 0 aromatic heterocycles. The summed E-state index contributed by atoms with van der Waals surface area (Å²) in [6.45, 7) is 14.5. The fraction of sp³-hybridized carbons (Fsp3) is 0.654. The Morgan fingerprint density at radius 1 is 0.617 bits per heavy atom. The van der Waals surface area contributed by atoms with E-state index >= 15 is 0 Å². The van der Waals surface area contributed by atoms with Gasteiger partial charge in [-0.3, -0.25) is 0 Å². The van der Waals surface area contributed by atoms with E-state index in [0.29, 0.717) is 18.6 Å². The summed E-state index contributed by atoms with van der Waals surface area (Å²) in [5.74, 6) is 3.36. The summed E-state index contributed by atoms with van der Waals surface area (Å²) in [7, 11) is 1.70. The molecule has 0 spiro atoms. The van der Waals surface area contributed by atoms with Gasteiger partial charge in [-0.15, -0.1) is 0 Å². The fourth-order valence-corrected chi connectivity index (χ4v) is 8.11. The van der Waals surface area contributed by atoms with Gasteiger partial charge in [-0.25, -0.2) is 0 Å². The average molecular weight is 831 g/mol. The second-order valence-electron chi connectivity index (χ2n) is 16.8. The number of rotatable bonds is 22. The molecule has 3 aliphatic rings. The molecule has 2 atom stereocenters. The number of hydrogen-bond donors (Lipinski definition) is 1. The molecule has 8 heteroatoms. The molecular weight excluding hydrogens is 749 g/mol. The summed E-state index contributed by atoms with van der Waals surface area (Å²) >= 11 is 0. The Labute approximate surface area is 365 Å². The second kappa shape index (κ2) is 30.5. The highest BCUT2D eigenvalue weighted by Gasteiger charge is 2.16. The predicted octanol–water partition coefficient (Wildman–Crippen LogP) is 12.4. The average Bonchev–Trinajstić information content (AvgIpc) is 3.32. The van der Waals surface area contributed by atoms with E-state index in [1.165, 1.54) is 133 Å². The molecule has 3 fully saturated rings. The van der Waals surface area contributed by atoms with Gasteiger partial charge in [0.15, 0.2) is 0 Å². The highest BCUT2D eigenvalue weighted by atomic mass is 16.5. The Morgan fingerprint density at radius 2 is 1.15 bits per heavy atom. The van der Waals surface area contributed by atoms with Gasteiger partial charge in [-0.05, 0) is 143 Å². The van der Waals surface area contributed by atoms with Gasteiger partial charge >= 0.3 is 0 Å². The maximum absolute atomic E-state index is 9.98. The van der Waals surface area contributed by atoms with Crippen LogP contribution in [0.4, 0.5) is 11.4 Å². The molecule has 0 amide bonds. The SMILES string of the molecule is CCCCC(CC)Oc1ccc(N2CCCCC2)cc1.CCCCCCCCOCC(O)COc1ccc(C2CCOCC2)cc1.COc1ccc(N2CCCCC2)cc1. The number of benzene rings is 3. The lowest BCUT2D eigenvalue weighted by Gasteiger charge is -2.29. The summed E-state index contributed by atoms with van der Waals surface area (Å²) in [6.07, 6.45) is 22.3. The van der Waals surface area contributed by atoms with Crippen molar-refractivity contribution in [3.63, 3.8) is 0 Å². The Balaban J connectivity index is 0.000000207. The van der Waals surface area contributed by atoms with Crippen LogP contribution in [-0.4, -0.2) is 83.6 Å². The van der Waals surface area contributed by atoms with Crippen LogP contribution in [0.5, 0.6) is 17.2 Å². The molecule has 336 valence electrons. The Kier molecular flexibility index (Phi) is 25.0. The van der Waals surface area contributed by atoms with Crippen molar-refractivity contribution in [2.24, 2.45) is 0 Å². The Morgan fingerprint density at radius 3 is 1.70 bits per heavy atom. The van der Waals surface area contributed by atoms with E-state index in [4.69, 9.17) is 23.7 Å². The largest absolute Gasteiger partial charge is 0.497 e. The number of nitrogens with zero attached hydrogens (tertiary/aromatic N) is 2. The minimum absolute atomic E-state index is 0.271. The molecule has 3 aromatic carbocycles. The summed E-state index contributed by atoms with van der Waals surface area (Å²) in [5.41, 5.74) is 4.02. The van der Waals surface area contributed by atoms with Crippen molar-refractivity contribution < 1.29 is 28.8 Å². The molecule has 1 N–H and O–H groups in total. The molecular formula is C52H82N2O6. The minimum Gasteiger partial charge on any atom is -0.497 e. The molecule has 3 aliphatic heterocycles. The zero-order valence-corrected chi connectivity index (χ0v) is 38.1. The first-order valence-corrected chi connectivity index (χ1v) is 24.0. The third-order valence-electron chi connectivity index (χ3n) is 12.0. The molecule has 0 saturated carbocycles. The van der Waals surface area contributed by atoms with E-state index < -0.39 is 6.10 Å². The molecule has 6 rings (SSSR count). The van der Waals surface area contributed by atoms with Gasteiger partial charge in [0, 0.05) is 57.4 Å². The van der Waals surface area contributed by atoms with Crippen molar-refractivity contribution in [2.45, 2.75) is 154 Å². The molecule has 3 heterocycles. The standard InChI is InChI=1S/C22H36O4.C18H29NO.C12H17NO/c1-2-3-4-5-6-7-14-25-17-21(23)18-26-22-10-8-19(9-11-22)20-12-15-24-16-13-20;1-3-5-9-17(4-2)20-18-12-10-16(11-13-18)19-14-7-6-8-15-19;1-14-12-7-5-11(6-8-12)13-9-3-2-4-10-13/h8-11,20-21,23H,2-7,12-18H2,1H3;10-13,17H,3-9,14-15H2,1-2H3;5-8H,2-4,9-10H2,1H3. The number of anilines is 2. The predicted molar refractivity (Wildman–Crippen MR) is 251 cm³/mol. The Bertz CT molecular complexity index is 1450. The van der Waals surface area contributed by atoms with Crippen molar-refractivity contribution in [3.05, 3.63) is 78.4 Å². The van der Waals surface area contributed by atoms with E-state index in [9.17, 15) is 5.11 Å². The molecule has 8 nitrogen and oxygen atoms in total. The van der Waals surface area contributed by atoms with Crippen molar-refractivity contribution in [1.82, 2.24) is 0 Å². The van der Waals surface area contributed by atoms with Crippen molar-refractivity contribution in [3.8, 4) is 17.2 Å². The molecule has 0 bridgehead atoms. The maximum Gasteiger partial charge on any atom is 0.119 e. The lowest BCUT2D eigenvalue weighted by Crippen LogP contribution is -2.29. The van der Waals surface area contributed by atoms with Crippen LogP contribution < -0.4 is 24.0 Å². The van der Waals surface area contributed by atoms with Crippen LogP contribution in [-0.2, 0) is 9.47 Å². The van der Waals surface area contributed by atoms with Gasteiger partial charge in [0.25, 0.3) is 0 Å². The first kappa shape index (κ1) is 49.2. The summed E-state index contributed by atoms with van der Waals surface area (Å²) < 4.78 is 27.9. The molecule has 0 radical (unpaired) electrons. The van der Waals surface area contributed by atoms with Crippen LogP contribution in [0, 0.1) is 0 Å². The normalized spacial score (nSPS) is 16.8. The van der Waals surface area contributed by atoms with Crippen LogP contribution in [0.1, 0.15) is 148 Å².